The number of ketones is 1. The maximum absolute atomic E-state index is 12.5. The van der Waals surface area contributed by atoms with Crippen LogP contribution in [-0.4, -0.2) is 29.9 Å². The number of hydrogen-bond acceptors (Lipinski definition) is 5. The number of anilines is 1. The normalized spacial score (nSPS) is 13.3. The monoisotopic (exact) mass is 462 g/mol. The van der Waals surface area contributed by atoms with Gasteiger partial charge in [0.05, 0.1) is 29.8 Å². The molecule has 3 aromatic heterocycles. The van der Waals surface area contributed by atoms with Gasteiger partial charge in [0.25, 0.3) is 0 Å². The van der Waals surface area contributed by atoms with Crippen molar-refractivity contribution in [3.8, 4) is 22.5 Å². The quantitative estimate of drug-likeness (QED) is 0.313. The van der Waals surface area contributed by atoms with Crippen LogP contribution in [0.4, 0.5) is 5.82 Å². The number of aryl methyl sites for hydroxylation is 1. The van der Waals surface area contributed by atoms with E-state index in [0.29, 0.717) is 24.7 Å². The molecule has 174 valence electrons. The summed E-state index contributed by atoms with van der Waals surface area (Å²) in [6, 6.07) is 20.0. The fourth-order valence-electron chi connectivity index (χ4n) is 4.35. The topological polar surface area (TPSA) is 77.1 Å². The van der Waals surface area contributed by atoms with Crippen LogP contribution in [0, 0.1) is 5.92 Å². The molecule has 1 N–H and O–H groups in total. The highest BCUT2D eigenvalue weighted by Crippen LogP contribution is 2.34. The van der Waals surface area contributed by atoms with Crippen LogP contribution in [0.1, 0.15) is 35.3 Å². The van der Waals surface area contributed by atoms with Crippen molar-refractivity contribution < 1.29 is 4.79 Å². The lowest BCUT2D eigenvalue weighted by atomic mass is 10.0. The summed E-state index contributed by atoms with van der Waals surface area (Å²) in [7, 11) is 1.92. The second kappa shape index (κ2) is 8.83. The number of fused-ring (bicyclic) bond motifs is 1. The predicted molar refractivity (Wildman–Crippen MR) is 136 cm³/mol. The van der Waals surface area contributed by atoms with Crippen LogP contribution in [0.2, 0.25) is 0 Å². The Bertz CT molecular complexity index is 1500. The van der Waals surface area contributed by atoms with E-state index in [9.17, 15) is 4.79 Å². The Labute approximate surface area is 203 Å². The van der Waals surface area contributed by atoms with Crippen LogP contribution in [0.25, 0.3) is 28.2 Å². The minimum Gasteiger partial charge on any atom is -0.361 e. The van der Waals surface area contributed by atoms with Crippen LogP contribution in [0.3, 0.4) is 0 Å². The average molecular weight is 463 g/mol. The Kier molecular flexibility index (Phi) is 5.37. The van der Waals surface area contributed by atoms with Crippen molar-refractivity contribution in [2.75, 3.05) is 5.32 Å². The summed E-state index contributed by atoms with van der Waals surface area (Å²) in [6.07, 6.45) is 8.69. The molecule has 3 heterocycles. The van der Waals surface area contributed by atoms with Gasteiger partial charge in [0.15, 0.2) is 17.2 Å². The molecule has 0 atom stereocenters. The van der Waals surface area contributed by atoms with Gasteiger partial charge in [-0.25, -0.2) is 9.97 Å². The molecule has 0 aliphatic heterocycles. The second-order valence-electron chi connectivity index (χ2n) is 9.13. The van der Waals surface area contributed by atoms with Gasteiger partial charge in [-0.05, 0) is 24.8 Å². The third-order valence-corrected chi connectivity index (χ3v) is 6.59. The summed E-state index contributed by atoms with van der Waals surface area (Å²) in [4.78, 5) is 22.1. The first-order valence-corrected chi connectivity index (χ1v) is 11.9. The lowest BCUT2D eigenvalue weighted by molar-refractivity contribution is 0.0976. The Morgan fingerprint density at radius 3 is 2.54 bits per heavy atom. The van der Waals surface area contributed by atoms with E-state index >= 15 is 0 Å². The molecule has 1 aliphatic carbocycles. The first-order valence-electron chi connectivity index (χ1n) is 11.9. The van der Waals surface area contributed by atoms with Crippen molar-refractivity contribution in [1.29, 1.82) is 0 Å². The molecular weight excluding hydrogens is 436 g/mol. The number of benzene rings is 2. The molecule has 7 heteroatoms. The van der Waals surface area contributed by atoms with Crippen molar-refractivity contribution in [2.24, 2.45) is 13.0 Å². The van der Waals surface area contributed by atoms with Crippen molar-refractivity contribution >= 4 is 17.2 Å². The van der Waals surface area contributed by atoms with Crippen molar-refractivity contribution in [2.45, 2.75) is 25.8 Å². The maximum Gasteiger partial charge on any atom is 0.180 e. The molecule has 2 aromatic carbocycles. The van der Waals surface area contributed by atoms with Crippen LogP contribution in [0.15, 0.2) is 79.3 Å². The number of aromatic nitrogens is 5. The number of imidazole rings is 1. The van der Waals surface area contributed by atoms with Gasteiger partial charge in [-0.1, -0.05) is 54.6 Å². The van der Waals surface area contributed by atoms with Crippen LogP contribution in [0.5, 0.6) is 0 Å². The number of carbonyl (C=O) groups is 1. The first kappa shape index (κ1) is 21.3. The summed E-state index contributed by atoms with van der Waals surface area (Å²) >= 11 is 0. The largest absolute Gasteiger partial charge is 0.361 e. The van der Waals surface area contributed by atoms with Gasteiger partial charge in [-0.15, -0.1) is 0 Å². The fraction of sp³-hybridized carbons (Fsp3) is 0.214. The van der Waals surface area contributed by atoms with Crippen molar-refractivity contribution in [1.82, 2.24) is 24.1 Å². The van der Waals surface area contributed by atoms with Gasteiger partial charge in [-0.3, -0.25) is 13.9 Å². The van der Waals surface area contributed by atoms with Gasteiger partial charge >= 0.3 is 0 Å². The number of rotatable bonds is 8. The molecule has 0 spiro atoms. The zero-order valence-corrected chi connectivity index (χ0v) is 19.6. The summed E-state index contributed by atoms with van der Waals surface area (Å²) in [5, 5.41) is 7.70. The van der Waals surface area contributed by atoms with E-state index in [0.717, 1.165) is 39.4 Å². The van der Waals surface area contributed by atoms with Gasteiger partial charge in [-0.2, -0.15) is 5.10 Å². The molecule has 0 bridgehead atoms. The Morgan fingerprint density at radius 2 is 1.83 bits per heavy atom. The van der Waals surface area contributed by atoms with E-state index in [-0.39, 0.29) is 5.78 Å². The highest BCUT2D eigenvalue weighted by molar-refractivity contribution is 5.96. The SMILES string of the molecule is Cn1nccc1CNc1nc(-c2ccccc2)cn2c(-c3ccc(C(=O)CC4CC4)cc3)cnc12. The lowest BCUT2D eigenvalue weighted by Gasteiger charge is -2.12. The van der Waals surface area contributed by atoms with E-state index in [1.54, 1.807) is 6.20 Å². The van der Waals surface area contributed by atoms with Gasteiger partial charge < -0.3 is 5.32 Å². The highest BCUT2D eigenvalue weighted by Gasteiger charge is 2.25. The second-order valence-corrected chi connectivity index (χ2v) is 9.13. The van der Waals surface area contributed by atoms with Crippen molar-refractivity contribution in [3.05, 3.63) is 90.5 Å². The molecule has 1 aliphatic rings. The molecule has 0 amide bonds. The number of hydrogen-bond donors (Lipinski definition) is 1. The minimum atomic E-state index is 0.231. The predicted octanol–water partition coefficient (Wildman–Crippen LogP) is 5.39. The molecule has 6 rings (SSSR count). The van der Waals surface area contributed by atoms with Crippen LogP contribution in [-0.2, 0) is 13.6 Å². The zero-order valence-electron chi connectivity index (χ0n) is 19.6. The first-order chi connectivity index (χ1) is 17.2. The van der Waals surface area contributed by atoms with Gasteiger partial charge in [0, 0.05) is 42.6 Å². The standard InChI is InChI=1S/C28H26N6O/c1-33-23(13-14-31-33)16-29-27-28-30-17-25(34(28)18-24(32-27)20-5-3-2-4-6-20)21-9-11-22(12-10-21)26(35)15-19-7-8-19/h2-6,9-14,17-19H,7-8,15-16H2,1H3,(H,29,32). The number of Topliss-reactive ketones (excluding diaryl/α,β-unsaturated/α-hetero) is 1. The molecule has 1 fully saturated rings. The third kappa shape index (κ3) is 4.33. The number of carbonyl (C=O) groups excluding carboxylic acids is 1. The smallest absolute Gasteiger partial charge is 0.180 e. The molecular formula is C28H26N6O. The van der Waals surface area contributed by atoms with Crippen molar-refractivity contribution in [3.63, 3.8) is 0 Å². The maximum atomic E-state index is 12.5. The van der Waals surface area contributed by atoms with E-state index in [2.05, 4.69) is 26.9 Å². The molecule has 7 nitrogen and oxygen atoms in total. The Morgan fingerprint density at radius 1 is 1.03 bits per heavy atom. The van der Waals surface area contributed by atoms with E-state index in [4.69, 9.17) is 9.97 Å². The van der Waals surface area contributed by atoms with E-state index in [1.807, 2.05) is 72.7 Å². The minimum absolute atomic E-state index is 0.231. The number of nitrogens with one attached hydrogen (secondary N) is 1. The fourth-order valence-corrected chi connectivity index (χ4v) is 4.35. The Balaban J connectivity index is 1.38. The highest BCUT2D eigenvalue weighted by atomic mass is 16.1. The van der Waals surface area contributed by atoms with Crippen LogP contribution < -0.4 is 5.32 Å². The summed E-state index contributed by atoms with van der Waals surface area (Å²) < 4.78 is 3.91. The molecule has 0 saturated heterocycles. The molecule has 5 aromatic rings. The Hall–Kier alpha value is -4.26. The third-order valence-electron chi connectivity index (χ3n) is 6.59. The van der Waals surface area contributed by atoms with E-state index in [1.165, 1.54) is 12.8 Å². The average Bonchev–Trinajstić information content (AvgIpc) is 3.45. The lowest BCUT2D eigenvalue weighted by Crippen LogP contribution is -2.08. The summed E-state index contributed by atoms with van der Waals surface area (Å²) in [5.41, 5.74) is 6.40. The van der Waals surface area contributed by atoms with Crippen LogP contribution >= 0.6 is 0 Å². The number of nitrogens with zero attached hydrogens (tertiary/aromatic N) is 5. The molecule has 35 heavy (non-hydrogen) atoms. The summed E-state index contributed by atoms with van der Waals surface area (Å²) in [5.74, 6) is 1.52. The van der Waals surface area contributed by atoms with E-state index < -0.39 is 0 Å². The molecule has 0 unspecified atom stereocenters. The molecule has 1 saturated carbocycles. The summed E-state index contributed by atoms with van der Waals surface area (Å²) in [6.45, 7) is 0.581. The molecule has 0 radical (unpaired) electrons. The van der Waals surface area contributed by atoms with Gasteiger partial charge in [0.1, 0.15) is 0 Å². The van der Waals surface area contributed by atoms with Gasteiger partial charge in [0.2, 0.25) is 0 Å². The zero-order chi connectivity index (χ0) is 23.8.